The van der Waals surface area contributed by atoms with Crippen molar-refractivity contribution >= 4 is 11.6 Å². The van der Waals surface area contributed by atoms with E-state index in [-0.39, 0.29) is 5.91 Å². The number of anilines is 1. The number of aromatic nitrogens is 2. The number of rotatable bonds is 4. The minimum Gasteiger partial charge on any atom is -0.378 e. The van der Waals surface area contributed by atoms with Gasteiger partial charge >= 0.3 is 0 Å². The molecule has 1 aromatic carbocycles. The summed E-state index contributed by atoms with van der Waals surface area (Å²) in [4.78, 5) is 21.7. The molecule has 2 saturated heterocycles. The van der Waals surface area contributed by atoms with Gasteiger partial charge in [-0.15, -0.1) is 0 Å². The molecule has 0 saturated carbocycles. The van der Waals surface area contributed by atoms with Crippen LogP contribution in [0.5, 0.6) is 0 Å². The van der Waals surface area contributed by atoms with Gasteiger partial charge in [0.05, 0.1) is 25.1 Å². The third-order valence-electron chi connectivity index (χ3n) is 5.32. The van der Waals surface area contributed by atoms with Crippen LogP contribution in [0.15, 0.2) is 43.0 Å². The van der Waals surface area contributed by atoms with Crippen LogP contribution in [0, 0.1) is 5.92 Å². The van der Waals surface area contributed by atoms with Gasteiger partial charge in [0.15, 0.2) is 0 Å². The standard InChI is InChI=1S/C20H26N4O2/c25-20(18-5-1-2-6-19(18)23-10-12-26-13-11-23)24-8-3-4-17(15-24)14-22-9-7-21-16-22/h1-2,5-7,9,16-17H,3-4,8,10-15H2/t17-/m1/s1. The Bertz CT molecular complexity index is 725. The van der Waals surface area contributed by atoms with Crippen LogP contribution in [0.2, 0.25) is 0 Å². The molecule has 0 spiro atoms. The van der Waals surface area contributed by atoms with Crippen LogP contribution in [-0.4, -0.2) is 59.8 Å². The summed E-state index contributed by atoms with van der Waals surface area (Å²) in [6.45, 7) is 5.71. The van der Waals surface area contributed by atoms with Gasteiger partial charge in [-0.25, -0.2) is 4.98 Å². The van der Waals surface area contributed by atoms with Gasteiger partial charge in [0.1, 0.15) is 0 Å². The fraction of sp³-hybridized carbons (Fsp3) is 0.500. The number of hydrogen-bond acceptors (Lipinski definition) is 4. The zero-order valence-electron chi connectivity index (χ0n) is 15.1. The van der Waals surface area contributed by atoms with E-state index in [1.807, 2.05) is 41.8 Å². The quantitative estimate of drug-likeness (QED) is 0.845. The van der Waals surface area contributed by atoms with Crippen molar-refractivity contribution in [2.45, 2.75) is 19.4 Å². The number of carbonyl (C=O) groups is 1. The van der Waals surface area contributed by atoms with Crippen LogP contribution in [-0.2, 0) is 11.3 Å². The summed E-state index contributed by atoms with van der Waals surface area (Å²) >= 11 is 0. The molecule has 6 heteroatoms. The fourth-order valence-electron chi connectivity index (χ4n) is 4.00. The van der Waals surface area contributed by atoms with E-state index in [9.17, 15) is 4.79 Å². The maximum atomic E-state index is 13.3. The molecule has 2 aromatic rings. The number of likely N-dealkylation sites (tertiary alicyclic amines) is 1. The number of hydrogen-bond donors (Lipinski definition) is 0. The molecule has 4 rings (SSSR count). The lowest BCUT2D eigenvalue weighted by molar-refractivity contribution is 0.0662. The normalized spacial score (nSPS) is 21.0. The Morgan fingerprint density at radius 1 is 1.19 bits per heavy atom. The number of amides is 1. The predicted octanol–water partition coefficient (Wildman–Crippen LogP) is 2.27. The monoisotopic (exact) mass is 354 g/mol. The number of imidazole rings is 1. The van der Waals surface area contributed by atoms with Gasteiger partial charge in [0.2, 0.25) is 0 Å². The Labute approximate surface area is 154 Å². The summed E-state index contributed by atoms with van der Waals surface area (Å²) in [5.41, 5.74) is 1.86. The largest absolute Gasteiger partial charge is 0.378 e. The van der Waals surface area contributed by atoms with E-state index >= 15 is 0 Å². The second kappa shape index (κ2) is 7.91. The maximum absolute atomic E-state index is 13.3. The molecule has 1 aromatic heterocycles. The van der Waals surface area contributed by atoms with Crippen LogP contribution in [0.25, 0.3) is 0 Å². The average Bonchev–Trinajstić information content (AvgIpc) is 3.21. The van der Waals surface area contributed by atoms with Gasteiger partial charge in [-0.3, -0.25) is 4.79 Å². The minimum absolute atomic E-state index is 0.155. The fourth-order valence-corrected chi connectivity index (χ4v) is 4.00. The number of morpholine rings is 1. The van der Waals surface area contributed by atoms with E-state index in [1.165, 1.54) is 0 Å². The van der Waals surface area contributed by atoms with Crippen LogP contribution < -0.4 is 4.90 Å². The third kappa shape index (κ3) is 3.75. The van der Waals surface area contributed by atoms with Crippen molar-refractivity contribution in [3.63, 3.8) is 0 Å². The molecule has 26 heavy (non-hydrogen) atoms. The lowest BCUT2D eigenvalue weighted by Crippen LogP contribution is -2.42. The first-order chi connectivity index (χ1) is 12.8. The predicted molar refractivity (Wildman–Crippen MR) is 100 cm³/mol. The van der Waals surface area contributed by atoms with Crippen molar-refractivity contribution < 1.29 is 9.53 Å². The summed E-state index contributed by atoms with van der Waals surface area (Å²) < 4.78 is 7.57. The Kier molecular flexibility index (Phi) is 5.20. The first kappa shape index (κ1) is 17.1. The molecular formula is C20H26N4O2. The maximum Gasteiger partial charge on any atom is 0.255 e. The summed E-state index contributed by atoms with van der Waals surface area (Å²) in [7, 11) is 0. The molecule has 2 aliphatic heterocycles. The second-order valence-corrected chi connectivity index (χ2v) is 7.14. The molecule has 3 heterocycles. The lowest BCUT2D eigenvalue weighted by atomic mass is 9.97. The number of nitrogens with zero attached hydrogens (tertiary/aromatic N) is 4. The first-order valence-electron chi connectivity index (χ1n) is 9.48. The number of carbonyl (C=O) groups excluding carboxylic acids is 1. The molecule has 0 radical (unpaired) electrons. The van der Waals surface area contributed by atoms with E-state index in [2.05, 4.69) is 20.5 Å². The van der Waals surface area contributed by atoms with Crippen molar-refractivity contribution in [2.75, 3.05) is 44.3 Å². The molecule has 138 valence electrons. The van der Waals surface area contributed by atoms with Crippen molar-refractivity contribution in [3.05, 3.63) is 48.5 Å². The average molecular weight is 354 g/mol. The van der Waals surface area contributed by atoms with Crippen LogP contribution in [0.4, 0.5) is 5.69 Å². The van der Waals surface area contributed by atoms with Gasteiger partial charge in [-0.2, -0.15) is 0 Å². The number of ether oxygens (including phenoxy) is 1. The lowest BCUT2D eigenvalue weighted by Gasteiger charge is -2.35. The highest BCUT2D eigenvalue weighted by Gasteiger charge is 2.27. The molecule has 2 fully saturated rings. The molecular weight excluding hydrogens is 328 g/mol. The molecule has 0 aliphatic carbocycles. The molecule has 1 atom stereocenters. The zero-order valence-corrected chi connectivity index (χ0v) is 15.1. The van der Waals surface area contributed by atoms with Gasteiger partial charge in [-0.05, 0) is 30.9 Å². The summed E-state index contributed by atoms with van der Waals surface area (Å²) in [6.07, 6.45) is 7.88. The SMILES string of the molecule is O=C(c1ccccc1N1CCOCC1)N1CCC[C@H](Cn2ccnc2)C1. The Hall–Kier alpha value is -2.34. The van der Waals surface area contributed by atoms with Crippen molar-refractivity contribution in [2.24, 2.45) is 5.92 Å². The van der Waals surface area contributed by atoms with Gasteiger partial charge in [-0.1, -0.05) is 12.1 Å². The highest BCUT2D eigenvalue weighted by atomic mass is 16.5. The van der Waals surface area contributed by atoms with Gasteiger partial charge in [0.25, 0.3) is 5.91 Å². The molecule has 6 nitrogen and oxygen atoms in total. The second-order valence-electron chi connectivity index (χ2n) is 7.14. The van der Waals surface area contributed by atoms with Gasteiger partial charge in [0, 0.05) is 50.8 Å². The first-order valence-corrected chi connectivity index (χ1v) is 9.48. The topological polar surface area (TPSA) is 50.6 Å². The molecule has 2 aliphatic rings. The molecule has 0 bridgehead atoms. The van der Waals surface area contributed by atoms with Crippen molar-refractivity contribution in [3.8, 4) is 0 Å². The number of benzene rings is 1. The summed E-state index contributed by atoms with van der Waals surface area (Å²) in [6, 6.07) is 8.00. The van der Waals surface area contributed by atoms with E-state index in [0.29, 0.717) is 5.92 Å². The highest BCUT2D eigenvalue weighted by molar-refractivity contribution is 5.99. The summed E-state index contributed by atoms with van der Waals surface area (Å²) in [5.74, 6) is 0.639. The molecule has 0 unspecified atom stereocenters. The Morgan fingerprint density at radius 3 is 2.85 bits per heavy atom. The smallest absolute Gasteiger partial charge is 0.255 e. The Balaban J connectivity index is 1.48. The van der Waals surface area contributed by atoms with Crippen LogP contribution >= 0.6 is 0 Å². The van der Waals surface area contributed by atoms with Gasteiger partial charge < -0.3 is 19.1 Å². The highest BCUT2D eigenvalue weighted by Crippen LogP contribution is 2.26. The third-order valence-corrected chi connectivity index (χ3v) is 5.32. The van der Waals surface area contributed by atoms with Crippen molar-refractivity contribution in [1.82, 2.24) is 14.5 Å². The summed E-state index contributed by atoms with van der Waals surface area (Å²) in [5, 5.41) is 0. The van der Waals surface area contributed by atoms with E-state index in [0.717, 1.165) is 70.0 Å². The van der Waals surface area contributed by atoms with Crippen molar-refractivity contribution in [1.29, 1.82) is 0 Å². The minimum atomic E-state index is 0.155. The number of piperidine rings is 1. The molecule has 0 N–H and O–H groups in total. The number of para-hydroxylation sites is 1. The Morgan fingerprint density at radius 2 is 2.04 bits per heavy atom. The van der Waals surface area contributed by atoms with E-state index in [1.54, 1.807) is 0 Å². The van der Waals surface area contributed by atoms with Crippen LogP contribution in [0.3, 0.4) is 0 Å². The van der Waals surface area contributed by atoms with E-state index in [4.69, 9.17) is 4.74 Å². The molecule has 1 amide bonds. The van der Waals surface area contributed by atoms with Crippen LogP contribution in [0.1, 0.15) is 23.2 Å². The van der Waals surface area contributed by atoms with E-state index < -0.39 is 0 Å². The zero-order chi connectivity index (χ0) is 17.8.